The molecule has 3 heteroatoms. The topological polar surface area (TPSA) is 41.1 Å². The van der Waals surface area contributed by atoms with Gasteiger partial charge in [-0.15, -0.1) is 0 Å². The van der Waals surface area contributed by atoms with E-state index in [-0.39, 0.29) is 11.3 Å². The lowest BCUT2D eigenvalue weighted by atomic mass is 9.76. The van der Waals surface area contributed by atoms with Gasteiger partial charge in [0.25, 0.3) is 0 Å². The predicted molar refractivity (Wildman–Crippen MR) is 81.1 cm³/mol. The number of hydrogen-bond acceptors (Lipinski definition) is 2. The number of amides is 1. The first kappa shape index (κ1) is 16.5. The lowest BCUT2D eigenvalue weighted by Gasteiger charge is -2.37. The Hall–Kier alpha value is -0.570. The van der Waals surface area contributed by atoms with Crippen LogP contribution in [-0.2, 0) is 4.79 Å². The molecule has 1 aliphatic heterocycles. The Morgan fingerprint density at radius 2 is 2.05 bits per heavy atom. The third-order valence-corrected chi connectivity index (χ3v) is 4.24. The van der Waals surface area contributed by atoms with Gasteiger partial charge in [0.15, 0.2) is 0 Å². The van der Waals surface area contributed by atoms with Crippen LogP contribution in [0.3, 0.4) is 0 Å². The van der Waals surface area contributed by atoms with Crippen molar-refractivity contribution in [3.05, 3.63) is 0 Å². The van der Waals surface area contributed by atoms with Gasteiger partial charge < -0.3 is 10.6 Å². The van der Waals surface area contributed by atoms with E-state index >= 15 is 0 Å². The van der Waals surface area contributed by atoms with Gasteiger partial charge in [0.2, 0.25) is 5.91 Å². The van der Waals surface area contributed by atoms with E-state index in [1.165, 1.54) is 6.42 Å². The summed E-state index contributed by atoms with van der Waals surface area (Å²) >= 11 is 0. The van der Waals surface area contributed by atoms with Crippen LogP contribution in [0.15, 0.2) is 0 Å². The molecule has 1 heterocycles. The Kier molecular flexibility index (Phi) is 6.84. The molecule has 1 saturated heterocycles. The summed E-state index contributed by atoms with van der Waals surface area (Å²) in [5.74, 6) is 0.984. The highest BCUT2D eigenvalue weighted by Gasteiger charge is 2.38. The van der Waals surface area contributed by atoms with Gasteiger partial charge in [-0.1, -0.05) is 27.2 Å². The molecule has 3 nitrogen and oxygen atoms in total. The van der Waals surface area contributed by atoms with E-state index in [1.807, 2.05) is 0 Å². The molecule has 0 saturated carbocycles. The number of piperidine rings is 1. The average molecular weight is 268 g/mol. The Bertz CT molecular complexity index is 264. The van der Waals surface area contributed by atoms with E-state index in [2.05, 4.69) is 38.3 Å². The van der Waals surface area contributed by atoms with Crippen molar-refractivity contribution < 1.29 is 4.79 Å². The molecular formula is C16H32N2O. The van der Waals surface area contributed by atoms with Crippen molar-refractivity contribution in [1.29, 1.82) is 0 Å². The summed E-state index contributed by atoms with van der Waals surface area (Å²) < 4.78 is 0. The fourth-order valence-corrected chi connectivity index (χ4v) is 3.00. The number of carbonyl (C=O) groups excluding carboxylic acids is 1. The maximum Gasteiger partial charge on any atom is 0.227 e. The van der Waals surface area contributed by atoms with E-state index < -0.39 is 0 Å². The van der Waals surface area contributed by atoms with Crippen molar-refractivity contribution in [1.82, 2.24) is 10.6 Å². The fraction of sp³-hybridized carbons (Fsp3) is 0.938. The maximum absolute atomic E-state index is 12.6. The van der Waals surface area contributed by atoms with E-state index in [9.17, 15) is 4.79 Å². The second-order valence-electron chi connectivity index (χ2n) is 6.66. The van der Waals surface area contributed by atoms with Gasteiger partial charge in [0.1, 0.15) is 0 Å². The minimum Gasteiger partial charge on any atom is -0.353 e. The van der Waals surface area contributed by atoms with Crippen molar-refractivity contribution in [2.24, 2.45) is 11.3 Å². The smallest absolute Gasteiger partial charge is 0.227 e. The van der Waals surface area contributed by atoms with Gasteiger partial charge in [-0.3, -0.25) is 4.79 Å². The molecule has 1 fully saturated rings. The summed E-state index contributed by atoms with van der Waals surface area (Å²) in [5.41, 5.74) is -0.154. The second kappa shape index (κ2) is 7.88. The van der Waals surface area contributed by atoms with Crippen LogP contribution in [0.5, 0.6) is 0 Å². The Labute approximate surface area is 118 Å². The van der Waals surface area contributed by atoms with E-state index in [0.29, 0.717) is 12.0 Å². The number of carbonyl (C=O) groups is 1. The lowest BCUT2D eigenvalue weighted by molar-refractivity contribution is -0.133. The van der Waals surface area contributed by atoms with E-state index in [4.69, 9.17) is 0 Å². The number of nitrogens with one attached hydrogen (secondary N) is 2. The molecule has 2 N–H and O–H groups in total. The van der Waals surface area contributed by atoms with Crippen LogP contribution < -0.4 is 10.6 Å². The van der Waals surface area contributed by atoms with Crippen molar-refractivity contribution in [2.75, 3.05) is 13.1 Å². The first-order chi connectivity index (χ1) is 9.00. The van der Waals surface area contributed by atoms with Crippen LogP contribution in [-0.4, -0.2) is 25.0 Å². The first-order valence-corrected chi connectivity index (χ1v) is 8.02. The largest absolute Gasteiger partial charge is 0.353 e. The molecule has 2 atom stereocenters. The molecule has 0 aliphatic carbocycles. The third-order valence-electron chi connectivity index (χ3n) is 4.24. The summed E-state index contributed by atoms with van der Waals surface area (Å²) in [6.45, 7) is 10.7. The van der Waals surface area contributed by atoms with E-state index in [1.54, 1.807) is 0 Å². The normalized spacial score (nSPS) is 25.3. The van der Waals surface area contributed by atoms with Gasteiger partial charge in [-0.25, -0.2) is 0 Å². The summed E-state index contributed by atoms with van der Waals surface area (Å²) in [6.07, 6.45) is 6.50. The highest BCUT2D eigenvalue weighted by Crippen LogP contribution is 2.32. The molecule has 112 valence electrons. The van der Waals surface area contributed by atoms with Crippen LogP contribution in [0, 0.1) is 11.3 Å². The molecule has 19 heavy (non-hydrogen) atoms. The van der Waals surface area contributed by atoms with Crippen LogP contribution in [0.1, 0.15) is 66.2 Å². The van der Waals surface area contributed by atoms with Crippen LogP contribution in [0.25, 0.3) is 0 Å². The third kappa shape index (κ3) is 5.13. The molecule has 1 amide bonds. The zero-order chi connectivity index (χ0) is 14.3. The molecule has 2 unspecified atom stereocenters. The molecule has 1 rings (SSSR count). The van der Waals surface area contributed by atoms with Gasteiger partial charge in [0, 0.05) is 12.6 Å². The minimum absolute atomic E-state index is 0.154. The molecule has 0 radical (unpaired) electrons. The average Bonchev–Trinajstić information content (AvgIpc) is 2.37. The second-order valence-corrected chi connectivity index (χ2v) is 6.66. The summed E-state index contributed by atoms with van der Waals surface area (Å²) in [5, 5.41) is 6.66. The maximum atomic E-state index is 12.6. The fourth-order valence-electron chi connectivity index (χ4n) is 3.00. The van der Waals surface area contributed by atoms with E-state index in [0.717, 1.165) is 45.2 Å². The molecule has 1 aliphatic rings. The lowest BCUT2D eigenvalue weighted by Crippen LogP contribution is -2.52. The SMILES string of the molecule is CCCC1(C(=O)NC(C)CCC(C)C)CCCNC1. The van der Waals surface area contributed by atoms with Gasteiger partial charge >= 0.3 is 0 Å². The molecule has 0 aromatic heterocycles. The van der Waals surface area contributed by atoms with Crippen LogP contribution in [0.4, 0.5) is 0 Å². The van der Waals surface area contributed by atoms with Crippen molar-refractivity contribution in [2.45, 2.75) is 72.3 Å². The van der Waals surface area contributed by atoms with Gasteiger partial charge in [-0.2, -0.15) is 0 Å². The highest BCUT2D eigenvalue weighted by atomic mass is 16.2. The van der Waals surface area contributed by atoms with Crippen LogP contribution >= 0.6 is 0 Å². The van der Waals surface area contributed by atoms with Crippen molar-refractivity contribution >= 4 is 5.91 Å². The Balaban J connectivity index is 2.52. The van der Waals surface area contributed by atoms with Crippen molar-refractivity contribution in [3.8, 4) is 0 Å². The summed E-state index contributed by atoms with van der Waals surface area (Å²) in [4.78, 5) is 12.6. The summed E-state index contributed by atoms with van der Waals surface area (Å²) in [7, 11) is 0. The van der Waals surface area contributed by atoms with Gasteiger partial charge in [-0.05, 0) is 51.5 Å². The minimum atomic E-state index is -0.154. The standard InChI is InChI=1S/C16H32N2O/c1-5-9-16(10-6-11-17-12-16)15(19)18-14(4)8-7-13(2)3/h13-14,17H,5-12H2,1-4H3,(H,18,19). The Morgan fingerprint density at radius 1 is 1.32 bits per heavy atom. The summed E-state index contributed by atoms with van der Waals surface area (Å²) in [6, 6.07) is 0.297. The number of rotatable bonds is 7. The zero-order valence-electron chi connectivity index (χ0n) is 13.2. The molecule has 0 bridgehead atoms. The van der Waals surface area contributed by atoms with Gasteiger partial charge in [0.05, 0.1) is 5.41 Å². The molecule has 0 spiro atoms. The highest BCUT2D eigenvalue weighted by molar-refractivity contribution is 5.83. The first-order valence-electron chi connectivity index (χ1n) is 8.02. The predicted octanol–water partition coefficient (Wildman–Crippen LogP) is 3.10. The quantitative estimate of drug-likeness (QED) is 0.745. The molecule has 0 aromatic carbocycles. The van der Waals surface area contributed by atoms with Crippen LogP contribution in [0.2, 0.25) is 0 Å². The zero-order valence-corrected chi connectivity index (χ0v) is 13.2. The monoisotopic (exact) mass is 268 g/mol. The molecule has 0 aromatic rings. The molecular weight excluding hydrogens is 236 g/mol. The number of hydrogen-bond donors (Lipinski definition) is 2. The van der Waals surface area contributed by atoms with Crippen molar-refractivity contribution in [3.63, 3.8) is 0 Å². The Morgan fingerprint density at radius 3 is 2.58 bits per heavy atom.